The van der Waals surface area contributed by atoms with Crippen LogP contribution in [0, 0.1) is 0 Å². The molecule has 1 aliphatic heterocycles. The molecule has 0 amide bonds. The fraction of sp³-hybridized carbons (Fsp3) is 0.440. The Kier molecular flexibility index (Phi) is 7.06. The van der Waals surface area contributed by atoms with E-state index in [0.29, 0.717) is 36.6 Å². The fourth-order valence-electron chi connectivity index (χ4n) is 4.07. The van der Waals surface area contributed by atoms with Crippen LogP contribution in [-0.2, 0) is 34.2 Å². The molecule has 1 aliphatic rings. The molecule has 0 aliphatic carbocycles. The molecule has 0 spiro atoms. The minimum atomic E-state index is -4.43. The number of rotatable bonds is 6. The number of aromatic nitrogens is 3. The Hall–Kier alpha value is -2.75. The van der Waals surface area contributed by atoms with Gasteiger partial charge in [0.1, 0.15) is 12.2 Å². The van der Waals surface area contributed by atoms with Crippen molar-refractivity contribution in [2.75, 3.05) is 13.2 Å². The summed E-state index contributed by atoms with van der Waals surface area (Å²) in [6.07, 6.45) is -3.63. The lowest BCUT2D eigenvalue weighted by molar-refractivity contribution is -0.218. The van der Waals surface area contributed by atoms with E-state index in [9.17, 15) is 13.2 Å². The Morgan fingerprint density at radius 2 is 1.82 bits per heavy atom. The molecule has 4 rings (SSSR count). The number of H-pyrrole nitrogens is 1. The highest BCUT2D eigenvalue weighted by molar-refractivity contribution is 5.35. The smallest absolute Gasteiger partial charge is 0.349 e. The fourth-order valence-corrected chi connectivity index (χ4v) is 4.07. The molecule has 1 N–H and O–H groups in total. The Labute approximate surface area is 197 Å². The lowest BCUT2D eigenvalue weighted by Crippen LogP contribution is -2.46. The van der Waals surface area contributed by atoms with Gasteiger partial charge in [0.2, 0.25) is 0 Å². The maximum absolute atomic E-state index is 13.6. The number of alkyl halides is 3. The molecule has 2 heterocycles. The van der Waals surface area contributed by atoms with Crippen molar-refractivity contribution in [3.8, 4) is 0 Å². The predicted octanol–water partition coefficient (Wildman–Crippen LogP) is 5.24. The Morgan fingerprint density at radius 3 is 2.47 bits per heavy atom. The summed E-state index contributed by atoms with van der Waals surface area (Å²) in [4.78, 5) is 6.40. The zero-order chi connectivity index (χ0) is 24.3. The van der Waals surface area contributed by atoms with Crippen LogP contribution < -0.4 is 0 Å². The number of nitrogens with one attached hydrogen (secondary N) is 1. The topological polar surface area (TPSA) is 63.3 Å². The van der Waals surface area contributed by atoms with E-state index in [0.717, 1.165) is 11.6 Å². The van der Waals surface area contributed by atoms with Crippen LogP contribution in [0.15, 0.2) is 54.9 Å². The van der Waals surface area contributed by atoms with E-state index in [2.05, 4.69) is 20.1 Å². The van der Waals surface area contributed by atoms with Crippen LogP contribution in [-0.4, -0.2) is 39.5 Å². The second-order valence-electron chi connectivity index (χ2n) is 9.47. The summed E-state index contributed by atoms with van der Waals surface area (Å²) in [5.74, 6) is 0.717. The second kappa shape index (κ2) is 9.85. The van der Waals surface area contributed by atoms with Crippen molar-refractivity contribution < 1.29 is 22.6 Å². The quantitative estimate of drug-likeness (QED) is 0.530. The summed E-state index contributed by atoms with van der Waals surface area (Å²) >= 11 is 0. The van der Waals surface area contributed by atoms with E-state index in [1.165, 1.54) is 12.4 Å². The van der Waals surface area contributed by atoms with Gasteiger partial charge in [0.25, 0.3) is 0 Å². The molecule has 1 aromatic heterocycles. The highest BCUT2D eigenvalue weighted by Gasteiger charge is 2.36. The molecule has 1 fully saturated rings. The van der Waals surface area contributed by atoms with Crippen molar-refractivity contribution >= 4 is 0 Å². The van der Waals surface area contributed by atoms with Gasteiger partial charge in [-0.25, -0.2) is 4.98 Å². The molecular formula is C25H29F3N4O2. The van der Waals surface area contributed by atoms with Gasteiger partial charge < -0.3 is 9.47 Å². The first-order valence-electron chi connectivity index (χ1n) is 11.2. The maximum Gasteiger partial charge on any atom is 0.416 e. The number of hydrogen-bond acceptors (Lipinski definition) is 5. The lowest BCUT2D eigenvalue weighted by Gasteiger charge is -2.40. The van der Waals surface area contributed by atoms with Gasteiger partial charge in [0.05, 0.1) is 31.4 Å². The summed E-state index contributed by atoms with van der Waals surface area (Å²) in [6.45, 7) is 7.27. The molecule has 1 saturated heterocycles. The molecule has 0 saturated carbocycles. The van der Waals surface area contributed by atoms with Crippen molar-refractivity contribution in [1.29, 1.82) is 0 Å². The number of morpholine rings is 1. The van der Waals surface area contributed by atoms with Crippen molar-refractivity contribution in [3.63, 3.8) is 0 Å². The average molecular weight is 475 g/mol. The minimum absolute atomic E-state index is 0.00283. The normalized spacial score (nSPS) is 19.9. The minimum Gasteiger partial charge on any atom is -0.349 e. The lowest BCUT2D eigenvalue weighted by atomic mass is 9.85. The first kappa shape index (κ1) is 24.4. The first-order chi connectivity index (χ1) is 16.1. The SMILES string of the molecule is CC(C)(C)c1cc(COC2OCCN(Cc3ncn[nH]3)C2c2ccccc2)cc(C(F)(F)F)c1. The summed E-state index contributed by atoms with van der Waals surface area (Å²) < 4.78 is 52.8. The van der Waals surface area contributed by atoms with Gasteiger partial charge in [0, 0.05) is 6.54 Å². The number of aromatic amines is 1. The van der Waals surface area contributed by atoms with Crippen LogP contribution in [0.2, 0.25) is 0 Å². The standard InChI is InChI=1S/C25H29F3N4O2/c1-24(2,3)19-11-17(12-20(13-19)25(26,27)28)15-34-23-22(18-7-5-4-6-8-18)32(9-10-33-23)14-21-29-16-30-31-21/h4-8,11-13,16,22-23H,9-10,14-15H2,1-3H3,(H,29,30,31). The Bertz CT molecular complexity index is 1030. The number of hydrogen-bond donors (Lipinski definition) is 1. The molecule has 0 radical (unpaired) electrons. The van der Waals surface area contributed by atoms with Crippen molar-refractivity contribution in [1.82, 2.24) is 20.1 Å². The van der Waals surface area contributed by atoms with Gasteiger partial charge in [0.15, 0.2) is 6.29 Å². The zero-order valence-electron chi connectivity index (χ0n) is 19.5. The first-order valence-corrected chi connectivity index (χ1v) is 11.2. The summed E-state index contributed by atoms with van der Waals surface area (Å²) in [7, 11) is 0. The van der Waals surface area contributed by atoms with Crippen LogP contribution in [0.25, 0.3) is 0 Å². The third kappa shape index (κ3) is 5.84. The molecule has 0 bridgehead atoms. The molecule has 2 aromatic carbocycles. The zero-order valence-corrected chi connectivity index (χ0v) is 19.5. The van der Waals surface area contributed by atoms with Gasteiger partial charge in [-0.05, 0) is 34.2 Å². The summed E-state index contributed by atoms with van der Waals surface area (Å²) in [6, 6.07) is 13.7. The summed E-state index contributed by atoms with van der Waals surface area (Å²) in [5.41, 5.74) is 0.956. The Balaban J connectivity index is 1.59. The maximum atomic E-state index is 13.6. The van der Waals surface area contributed by atoms with Gasteiger partial charge in [-0.1, -0.05) is 57.2 Å². The van der Waals surface area contributed by atoms with Crippen LogP contribution >= 0.6 is 0 Å². The van der Waals surface area contributed by atoms with E-state index in [-0.39, 0.29) is 12.6 Å². The number of halogens is 3. The van der Waals surface area contributed by atoms with Crippen LogP contribution in [0.5, 0.6) is 0 Å². The average Bonchev–Trinajstić information content (AvgIpc) is 3.30. The third-order valence-corrected chi connectivity index (χ3v) is 5.87. The highest BCUT2D eigenvalue weighted by Crippen LogP contribution is 2.35. The van der Waals surface area contributed by atoms with E-state index in [1.54, 1.807) is 6.07 Å². The monoisotopic (exact) mass is 474 g/mol. The van der Waals surface area contributed by atoms with Gasteiger partial charge in [-0.3, -0.25) is 10.00 Å². The van der Waals surface area contributed by atoms with E-state index in [4.69, 9.17) is 9.47 Å². The molecule has 6 nitrogen and oxygen atoms in total. The van der Waals surface area contributed by atoms with Crippen LogP contribution in [0.4, 0.5) is 13.2 Å². The molecule has 9 heteroatoms. The van der Waals surface area contributed by atoms with Crippen molar-refractivity contribution in [2.24, 2.45) is 0 Å². The van der Waals surface area contributed by atoms with Crippen LogP contribution in [0.1, 0.15) is 54.9 Å². The van der Waals surface area contributed by atoms with Crippen LogP contribution in [0.3, 0.4) is 0 Å². The second-order valence-corrected chi connectivity index (χ2v) is 9.47. The van der Waals surface area contributed by atoms with Crippen molar-refractivity contribution in [3.05, 3.63) is 82.9 Å². The predicted molar refractivity (Wildman–Crippen MR) is 121 cm³/mol. The molecule has 34 heavy (non-hydrogen) atoms. The number of nitrogens with zero attached hydrogens (tertiary/aromatic N) is 3. The molecule has 2 atom stereocenters. The van der Waals surface area contributed by atoms with Gasteiger partial charge >= 0.3 is 6.18 Å². The third-order valence-electron chi connectivity index (χ3n) is 5.87. The molecular weight excluding hydrogens is 445 g/mol. The molecule has 3 aromatic rings. The molecule has 182 valence electrons. The van der Waals surface area contributed by atoms with E-state index >= 15 is 0 Å². The number of benzene rings is 2. The molecule has 2 unspecified atom stereocenters. The van der Waals surface area contributed by atoms with Gasteiger partial charge in [-0.15, -0.1) is 0 Å². The Morgan fingerprint density at radius 1 is 1.09 bits per heavy atom. The highest BCUT2D eigenvalue weighted by atomic mass is 19.4. The van der Waals surface area contributed by atoms with Gasteiger partial charge in [-0.2, -0.15) is 18.3 Å². The summed E-state index contributed by atoms with van der Waals surface area (Å²) in [5, 5.41) is 6.80. The van der Waals surface area contributed by atoms with E-state index in [1.807, 2.05) is 51.1 Å². The van der Waals surface area contributed by atoms with E-state index < -0.39 is 23.4 Å². The van der Waals surface area contributed by atoms with Crippen molar-refractivity contribution in [2.45, 2.75) is 57.8 Å². The largest absolute Gasteiger partial charge is 0.416 e. The number of ether oxygens (including phenoxy) is 2.